The van der Waals surface area contributed by atoms with Gasteiger partial charge in [0.25, 0.3) is 19.7 Å². The minimum Gasteiger partial charge on any atom is -0.342 e. The van der Waals surface area contributed by atoms with E-state index in [2.05, 4.69) is 5.32 Å². The summed E-state index contributed by atoms with van der Waals surface area (Å²) in [6, 6.07) is 9.14. The molecule has 2 aromatic rings. The van der Waals surface area contributed by atoms with Crippen molar-refractivity contribution in [2.45, 2.75) is 21.7 Å². The maximum Gasteiger partial charge on any atom is 0.272 e. The number of sulfonamides is 1. The van der Waals surface area contributed by atoms with Crippen LogP contribution < -0.4 is 9.62 Å². The fourth-order valence-electron chi connectivity index (χ4n) is 2.91. The van der Waals surface area contributed by atoms with E-state index in [9.17, 15) is 17.6 Å². The Hall–Kier alpha value is -1.80. The van der Waals surface area contributed by atoms with Crippen LogP contribution in [0.25, 0.3) is 0 Å². The van der Waals surface area contributed by atoms with Gasteiger partial charge in [0.1, 0.15) is 5.82 Å². The molecule has 0 radical (unpaired) electrons. The number of fused-ring (bicyclic) bond motifs is 1. The second-order valence-electron chi connectivity index (χ2n) is 6.43. The molecule has 0 spiro atoms. The zero-order valence-corrected chi connectivity index (χ0v) is 18.2. The van der Waals surface area contributed by atoms with Crippen LogP contribution in [-0.2, 0) is 14.8 Å². The van der Waals surface area contributed by atoms with Gasteiger partial charge < -0.3 is 5.32 Å². The molecule has 5 nitrogen and oxygen atoms in total. The number of rotatable bonds is 3. The second-order valence-corrected chi connectivity index (χ2v) is 10.6. The van der Waals surface area contributed by atoms with Crippen LogP contribution in [-0.4, -0.2) is 24.7 Å². The van der Waals surface area contributed by atoms with Crippen molar-refractivity contribution in [3.05, 3.63) is 71.6 Å². The van der Waals surface area contributed by atoms with Gasteiger partial charge in [-0.3, -0.25) is 9.10 Å². The number of hydrogen-bond acceptors (Lipinski definition) is 3. The van der Waals surface area contributed by atoms with E-state index in [1.54, 1.807) is 18.2 Å². The van der Waals surface area contributed by atoms with Crippen molar-refractivity contribution < 1.29 is 17.6 Å². The van der Waals surface area contributed by atoms with Crippen LogP contribution in [0.2, 0.25) is 0 Å². The first-order chi connectivity index (χ1) is 13.5. The van der Waals surface area contributed by atoms with Gasteiger partial charge in [-0.25, -0.2) is 12.8 Å². The first-order valence-corrected chi connectivity index (χ1v) is 11.0. The average Bonchev–Trinajstić information content (AvgIpc) is 2.81. The van der Waals surface area contributed by atoms with Crippen LogP contribution in [0.3, 0.4) is 0 Å². The number of hydrogen-bond donors (Lipinski definition) is 1. The molecule has 0 saturated heterocycles. The van der Waals surface area contributed by atoms with Crippen LogP contribution in [0.15, 0.2) is 59.5 Å². The predicted molar refractivity (Wildman–Crippen MR) is 112 cm³/mol. The highest BCUT2D eigenvalue weighted by molar-refractivity contribution is 7.92. The fourth-order valence-corrected chi connectivity index (χ4v) is 4.52. The largest absolute Gasteiger partial charge is 0.342 e. The molecule has 1 N–H and O–H groups in total. The molecule has 154 valence electrons. The summed E-state index contributed by atoms with van der Waals surface area (Å²) in [5.41, 5.74) is 1.35. The quantitative estimate of drug-likeness (QED) is 0.525. The van der Waals surface area contributed by atoms with E-state index in [1.807, 2.05) is 6.92 Å². The number of benzene rings is 2. The Morgan fingerprint density at radius 1 is 1.17 bits per heavy atom. The summed E-state index contributed by atoms with van der Waals surface area (Å²) in [5, 5.41) is 2.49. The summed E-state index contributed by atoms with van der Waals surface area (Å²) in [7, 11) is -3.94. The lowest BCUT2D eigenvalue weighted by Gasteiger charge is -2.26. The Morgan fingerprint density at radius 3 is 2.45 bits per heavy atom. The van der Waals surface area contributed by atoms with Gasteiger partial charge in [0.15, 0.2) is 0 Å². The van der Waals surface area contributed by atoms with E-state index >= 15 is 0 Å². The van der Waals surface area contributed by atoms with Crippen LogP contribution in [0.1, 0.15) is 17.2 Å². The molecular formula is C19H16Cl3FN2O3S. The standard InChI is InChI=1S/C19H16Cl3FN2O3S/c1-12-4-7-14(8-5-12)29(27,28)25-10-2-3-16(24-18(26)19(20,21)22)15-11-13(23)6-9-17(15)25/h2-9,11,16H,10H2,1H3,(H,24,26). The SMILES string of the molecule is Cc1ccc(S(=O)(=O)N2CC=CC(NC(=O)C(Cl)(Cl)Cl)c3cc(F)ccc32)cc1. The molecular weight excluding hydrogens is 462 g/mol. The molecule has 29 heavy (non-hydrogen) atoms. The third-order valence-electron chi connectivity index (χ3n) is 4.35. The van der Waals surface area contributed by atoms with Gasteiger partial charge in [-0.2, -0.15) is 0 Å². The smallest absolute Gasteiger partial charge is 0.272 e. The number of aryl methyl sites for hydroxylation is 1. The van der Waals surface area contributed by atoms with E-state index < -0.39 is 31.6 Å². The first kappa shape index (κ1) is 21.9. The first-order valence-electron chi connectivity index (χ1n) is 8.43. The summed E-state index contributed by atoms with van der Waals surface area (Å²) in [5.74, 6) is -1.51. The molecule has 0 aliphatic carbocycles. The van der Waals surface area contributed by atoms with Gasteiger partial charge in [-0.1, -0.05) is 64.7 Å². The highest BCUT2D eigenvalue weighted by Crippen LogP contribution is 2.35. The van der Waals surface area contributed by atoms with E-state index in [0.717, 1.165) is 22.0 Å². The second kappa shape index (κ2) is 8.14. The number of halogens is 4. The van der Waals surface area contributed by atoms with Crippen molar-refractivity contribution in [2.24, 2.45) is 0 Å². The Kier molecular flexibility index (Phi) is 6.15. The highest BCUT2D eigenvalue weighted by atomic mass is 35.6. The lowest BCUT2D eigenvalue weighted by Crippen LogP contribution is -2.37. The molecule has 10 heteroatoms. The topological polar surface area (TPSA) is 66.5 Å². The lowest BCUT2D eigenvalue weighted by molar-refractivity contribution is -0.120. The molecule has 1 amide bonds. The number of carbonyl (C=O) groups excluding carboxylic acids is 1. The van der Waals surface area contributed by atoms with Gasteiger partial charge in [-0.05, 0) is 37.3 Å². The number of amides is 1. The van der Waals surface area contributed by atoms with E-state index in [-0.39, 0.29) is 22.7 Å². The van der Waals surface area contributed by atoms with Crippen molar-refractivity contribution >= 4 is 56.4 Å². The summed E-state index contributed by atoms with van der Waals surface area (Å²) >= 11 is 16.8. The summed E-state index contributed by atoms with van der Waals surface area (Å²) in [4.78, 5) is 12.2. The molecule has 1 aliphatic rings. The number of anilines is 1. The Balaban J connectivity index is 2.07. The molecule has 0 fully saturated rings. The van der Waals surface area contributed by atoms with E-state index in [1.165, 1.54) is 24.3 Å². The zero-order chi connectivity index (χ0) is 21.4. The molecule has 1 heterocycles. The van der Waals surface area contributed by atoms with Crippen molar-refractivity contribution in [3.63, 3.8) is 0 Å². The third-order valence-corrected chi connectivity index (χ3v) is 6.65. The van der Waals surface area contributed by atoms with E-state index in [0.29, 0.717) is 0 Å². The van der Waals surface area contributed by atoms with Crippen LogP contribution in [0.5, 0.6) is 0 Å². The van der Waals surface area contributed by atoms with E-state index in [4.69, 9.17) is 34.8 Å². The summed E-state index contributed by atoms with van der Waals surface area (Å²) in [6.45, 7) is 1.83. The monoisotopic (exact) mass is 476 g/mol. The summed E-state index contributed by atoms with van der Waals surface area (Å²) < 4.78 is 39.4. The van der Waals surface area contributed by atoms with Gasteiger partial charge in [-0.15, -0.1) is 0 Å². The molecule has 3 rings (SSSR count). The Labute approximate surface area is 183 Å². The fraction of sp³-hybridized carbons (Fsp3) is 0.211. The minimum absolute atomic E-state index is 0.0189. The minimum atomic E-state index is -3.94. The third kappa shape index (κ3) is 4.69. The van der Waals surface area contributed by atoms with Gasteiger partial charge in [0, 0.05) is 5.56 Å². The molecule has 1 unspecified atom stereocenters. The maximum absolute atomic E-state index is 14.0. The Bertz CT molecular complexity index is 1070. The van der Waals surface area contributed by atoms with Crippen molar-refractivity contribution in [1.29, 1.82) is 0 Å². The lowest BCUT2D eigenvalue weighted by atomic mass is 10.0. The normalized spacial score (nSPS) is 16.9. The van der Waals surface area contributed by atoms with Crippen molar-refractivity contribution in [1.82, 2.24) is 5.32 Å². The molecule has 0 aromatic heterocycles. The zero-order valence-electron chi connectivity index (χ0n) is 15.1. The molecule has 1 aliphatic heterocycles. The van der Waals surface area contributed by atoms with Crippen molar-refractivity contribution in [3.8, 4) is 0 Å². The number of nitrogens with zero attached hydrogens (tertiary/aromatic N) is 1. The number of alkyl halides is 3. The Morgan fingerprint density at radius 2 is 1.83 bits per heavy atom. The highest BCUT2D eigenvalue weighted by Gasteiger charge is 2.35. The van der Waals surface area contributed by atoms with Crippen LogP contribution in [0, 0.1) is 12.7 Å². The maximum atomic E-state index is 14.0. The number of carbonyl (C=O) groups is 1. The van der Waals surface area contributed by atoms with Gasteiger partial charge in [0.05, 0.1) is 23.2 Å². The van der Waals surface area contributed by atoms with Crippen LogP contribution in [0.4, 0.5) is 10.1 Å². The molecule has 2 aromatic carbocycles. The molecule has 1 atom stereocenters. The molecule has 0 saturated carbocycles. The predicted octanol–water partition coefficient (Wildman–Crippen LogP) is 4.43. The van der Waals surface area contributed by atoms with Crippen molar-refractivity contribution in [2.75, 3.05) is 10.8 Å². The average molecular weight is 478 g/mol. The van der Waals surface area contributed by atoms with Crippen LogP contribution >= 0.6 is 34.8 Å². The molecule has 0 bridgehead atoms. The number of nitrogens with one attached hydrogen (secondary N) is 1. The van der Waals surface area contributed by atoms with Gasteiger partial charge >= 0.3 is 0 Å². The van der Waals surface area contributed by atoms with Gasteiger partial charge in [0.2, 0.25) is 0 Å². The summed E-state index contributed by atoms with van der Waals surface area (Å²) in [6.07, 6.45) is 3.07.